The third-order valence-electron chi connectivity index (χ3n) is 4.22. The van der Waals surface area contributed by atoms with Gasteiger partial charge in [0, 0.05) is 17.7 Å². The number of aliphatic hydroxyl groups is 1. The lowest BCUT2D eigenvalue weighted by molar-refractivity contribution is -0.130. The van der Waals surface area contributed by atoms with Crippen molar-refractivity contribution in [1.29, 1.82) is 0 Å². The predicted octanol–water partition coefficient (Wildman–Crippen LogP) is 2.47. The lowest BCUT2D eigenvalue weighted by Gasteiger charge is -2.13. The number of benzene rings is 2. The van der Waals surface area contributed by atoms with Crippen molar-refractivity contribution in [3.63, 3.8) is 0 Å². The third kappa shape index (κ3) is 4.65. The summed E-state index contributed by atoms with van der Waals surface area (Å²) in [5.41, 5.74) is 1.45. The minimum Gasteiger partial charge on any atom is -0.423 e. The highest BCUT2D eigenvalue weighted by Gasteiger charge is 2.24. The summed E-state index contributed by atoms with van der Waals surface area (Å²) in [4.78, 5) is 48.3. The highest BCUT2D eigenvalue weighted by molar-refractivity contribution is 6.28. The van der Waals surface area contributed by atoms with Gasteiger partial charge in [0.1, 0.15) is 5.75 Å². The second-order valence-electron chi connectivity index (χ2n) is 6.31. The molecule has 1 N–H and O–H groups in total. The largest absolute Gasteiger partial charge is 0.423 e. The zero-order valence-corrected chi connectivity index (χ0v) is 15.8. The van der Waals surface area contributed by atoms with Gasteiger partial charge in [0.15, 0.2) is 5.78 Å². The van der Waals surface area contributed by atoms with Gasteiger partial charge in [-0.05, 0) is 48.0 Å². The molecule has 1 heterocycles. The van der Waals surface area contributed by atoms with Crippen molar-refractivity contribution in [2.24, 2.45) is 0 Å². The molecule has 0 saturated carbocycles. The second-order valence-corrected chi connectivity index (χ2v) is 6.31. The van der Waals surface area contributed by atoms with Gasteiger partial charge in [-0.2, -0.15) is 0 Å². The zero-order valence-electron chi connectivity index (χ0n) is 15.8. The fraction of sp³-hybridized carbons (Fsp3) is 0.0435. The smallest absolute Gasteiger partial charge is 0.341 e. The number of hydrogen-bond donors (Lipinski definition) is 1. The van der Waals surface area contributed by atoms with Crippen molar-refractivity contribution >= 4 is 35.3 Å². The first-order chi connectivity index (χ1) is 14.4. The maximum atomic E-state index is 12.4. The molecule has 0 aromatic heterocycles. The molecule has 0 unspecified atom stereocenters. The van der Waals surface area contributed by atoms with Crippen molar-refractivity contribution in [3.8, 4) is 5.75 Å². The number of imide groups is 1. The number of nitrogens with zero attached hydrogens (tertiary/aromatic N) is 1. The Bertz CT molecular complexity index is 1060. The normalized spacial score (nSPS) is 13.2. The molecule has 2 aromatic rings. The maximum absolute atomic E-state index is 12.4. The SMILES string of the molecule is C=C(CO)C(=O)Oc1ccc(/C=C/C(=O)c2ccc(N3C(=O)C=CC3=O)cc2)cc1. The van der Waals surface area contributed by atoms with Crippen molar-refractivity contribution in [3.05, 3.63) is 90.0 Å². The first-order valence-electron chi connectivity index (χ1n) is 8.88. The highest BCUT2D eigenvalue weighted by atomic mass is 16.5. The van der Waals surface area contributed by atoms with Crippen LogP contribution in [0.4, 0.5) is 5.69 Å². The number of carbonyl (C=O) groups excluding carboxylic acids is 4. The van der Waals surface area contributed by atoms with E-state index in [0.29, 0.717) is 16.8 Å². The number of rotatable bonds is 7. The van der Waals surface area contributed by atoms with Gasteiger partial charge in [-0.15, -0.1) is 0 Å². The number of allylic oxidation sites excluding steroid dienone is 1. The van der Waals surface area contributed by atoms with Crippen LogP contribution in [0.15, 0.2) is 78.9 Å². The Morgan fingerprint density at radius 3 is 2.13 bits per heavy atom. The zero-order chi connectivity index (χ0) is 21.7. The fourth-order valence-corrected chi connectivity index (χ4v) is 2.59. The van der Waals surface area contributed by atoms with Gasteiger partial charge in [-0.3, -0.25) is 14.4 Å². The van der Waals surface area contributed by atoms with Crippen LogP contribution in [0, 0.1) is 0 Å². The molecule has 0 saturated heterocycles. The molecular formula is C23H17NO6. The van der Waals surface area contributed by atoms with Gasteiger partial charge in [-0.1, -0.05) is 24.8 Å². The Kier molecular flexibility index (Phi) is 6.14. The van der Waals surface area contributed by atoms with Crippen molar-refractivity contribution < 1.29 is 29.0 Å². The first-order valence-corrected chi connectivity index (χ1v) is 8.88. The van der Waals surface area contributed by atoms with Crippen LogP contribution in [0.25, 0.3) is 6.08 Å². The lowest BCUT2D eigenvalue weighted by atomic mass is 10.1. The number of aliphatic hydroxyl groups excluding tert-OH is 1. The molecule has 2 aromatic carbocycles. The Hall–Kier alpha value is -4.10. The highest BCUT2D eigenvalue weighted by Crippen LogP contribution is 2.20. The molecule has 0 fully saturated rings. The molecular weight excluding hydrogens is 386 g/mol. The molecule has 0 radical (unpaired) electrons. The molecule has 0 aliphatic carbocycles. The van der Waals surface area contributed by atoms with E-state index in [1.807, 2.05) is 0 Å². The van der Waals surface area contributed by atoms with E-state index in [-0.39, 0.29) is 17.1 Å². The number of carbonyl (C=O) groups is 4. The van der Waals surface area contributed by atoms with Crippen LogP contribution in [-0.4, -0.2) is 35.3 Å². The molecule has 2 amide bonds. The fourth-order valence-electron chi connectivity index (χ4n) is 2.59. The van der Waals surface area contributed by atoms with Gasteiger partial charge in [-0.25, -0.2) is 9.69 Å². The molecule has 0 atom stereocenters. The summed E-state index contributed by atoms with van der Waals surface area (Å²) >= 11 is 0. The predicted molar refractivity (Wildman–Crippen MR) is 110 cm³/mol. The van der Waals surface area contributed by atoms with Crippen LogP contribution in [0.5, 0.6) is 5.75 Å². The molecule has 150 valence electrons. The van der Waals surface area contributed by atoms with E-state index < -0.39 is 24.4 Å². The second kappa shape index (κ2) is 8.93. The van der Waals surface area contributed by atoms with Crippen molar-refractivity contribution in [2.45, 2.75) is 0 Å². The number of ketones is 1. The quantitative estimate of drug-likeness (QED) is 0.251. The van der Waals surface area contributed by atoms with Gasteiger partial charge >= 0.3 is 5.97 Å². The van der Waals surface area contributed by atoms with Crippen LogP contribution in [0.1, 0.15) is 15.9 Å². The van der Waals surface area contributed by atoms with E-state index in [4.69, 9.17) is 9.84 Å². The van der Waals surface area contributed by atoms with Crippen LogP contribution in [0.2, 0.25) is 0 Å². The molecule has 1 aliphatic rings. The van der Waals surface area contributed by atoms with E-state index in [9.17, 15) is 19.2 Å². The van der Waals surface area contributed by atoms with Gasteiger partial charge in [0.25, 0.3) is 11.8 Å². The number of anilines is 1. The topological polar surface area (TPSA) is 101 Å². The molecule has 1 aliphatic heterocycles. The van der Waals surface area contributed by atoms with Crippen LogP contribution in [0.3, 0.4) is 0 Å². The summed E-state index contributed by atoms with van der Waals surface area (Å²) in [5, 5.41) is 8.86. The summed E-state index contributed by atoms with van der Waals surface area (Å²) in [6.45, 7) is 2.91. The number of esters is 1. The van der Waals surface area contributed by atoms with Crippen LogP contribution in [-0.2, 0) is 14.4 Å². The maximum Gasteiger partial charge on any atom is 0.341 e. The summed E-state index contributed by atoms with van der Waals surface area (Å²) in [5.74, 6) is -1.53. The van der Waals surface area contributed by atoms with E-state index in [1.54, 1.807) is 30.3 Å². The van der Waals surface area contributed by atoms with Crippen molar-refractivity contribution in [2.75, 3.05) is 11.5 Å². The number of hydrogen-bond acceptors (Lipinski definition) is 6. The lowest BCUT2D eigenvalue weighted by Crippen LogP contribution is -2.29. The minimum atomic E-state index is -0.715. The van der Waals surface area contributed by atoms with Gasteiger partial charge in [0.05, 0.1) is 17.9 Å². The summed E-state index contributed by atoms with van der Waals surface area (Å²) in [7, 11) is 0. The molecule has 30 heavy (non-hydrogen) atoms. The number of ether oxygens (including phenoxy) is 1. The standard InChI is InChI=1S/C23H17NO6/c1-15(14-25)23(29)30-19-9-2-16(3-10-19)4-11-20(26)17-5-7-18(8-6-17)24-21(27)12-13-22(24)28/h2-13,25H,1,14H2/b11-4+. The van der Waals surface area contributed by atoms with Crippen molar-refractivity contribution in [1.82, 2.24) is 0 Å². The molecule has 7 nitrogen and oxygen atoms in total. The van der Waals surface area contributed by atoms with E-state index in [0.717, 1.165) is 4.90 Å². The summed E-state index contributed by atoms with van der Waals surface area (Å²) in [6, 6.07) is 12.6. The Morgan fingerprint density at radius 2 is 1.57 bits per heavy atom. The van der Waals surface area contributed by atoms with Crippen LogP contribution >= 0.6 is 0 Å². The number of amides is 2. The van der Waals surface area contributed by atoms with Crippen LogP contribution < -0.4 is 9.64 Å². The first kappa shape index (κ1) is 20.6. The Morgan fingerprint density at radius 1 is 0.967 bits per heavy atom. The average Bonchev–Trinajstić information content (AvgIpc) is 3.10. The molecule has 3 rings (SSSR count). The van der Waals surface area contributed by atoms with E-state index in [2.05, 4.69) is 6.58 Å². The summed E-state index contributed by atoms with van der Waals surface area (Å²) < 4.78 is 5.04. The summed E-state index contributed by atoms with van der Waals surface area (Å²) in [6.07, 6.45) is 5.38. The Labute approximate surface area is 172 Å². The minimum absolute atomic E-state index is 0.0506. The molecule has 7 heteroatoms. The van der Waals surface area contributed by atoms with Gasteiger partial charge in [0.2, 0.25) is 0 Å². The van der Waals surface area contributed by atoms with E-state index >= 15 is 0 Å². The monoisotopic (exact) mass is 403 g/mol. The molecule has 0 spiro atoms. The Balaban J connectivity index is 1.63. The average molecular weight is 403 g/mol. The molecule has 0 bridgehead atoms. The van der Waals surface area contributed by atoms with Gasteiger partial charge < -0.3 is 9.84 Å². The third-order valence-corrected chi connectivity index (χ3v) is 4.22. The van der Waals surface area contributed by atoms with E-state index in [1.165, 1.54) is 42.5 Å².